The van der Waals surface area contributed by atoms with E-state index < -0.39 is 5.63 Å². The van der Waals surface area contributed by atoms with Crippen LogP contribution in [0.2, 0.25) is 0 Å². The number of benzene rings is 2. The van der Waals surface area contributed by atoms with Crippen LogP contribution >= 0.6 is 0 Å². The smallest absolute Gasteiger partial charge is 0.347 e. The second-order valence-electron chi connectivity index (χ2n) is 8.07. The van der Waals surface area contributed by atoms with Gasteiger partial charge in [0.25, 0.3) is 0 Å². The van der Waals surface area contributed by atoms with Gasteiger partial charge in [-0.3, -0.25) is 4.79 Å². The fourth-order valence-corrected chi connectivity index (χ4v) is 4.08. The first-order valence-corrected chi connectivity index (χ1v) is 9.23. The SMILES string of the molecule is C[C@H]1CC(C)(C)N(C)c2cc3oc(=O)c(C(=O)c4ccccc4)cc3cc21. The first kappa shape index (κ1) is 17.5. The van der Waals surface area contributed by atoms with E-state index in [9.17, 15) is 9.59 Å². The molecule has 0 saturated carbocycles. The molecule has 4 nitrogen and oxygen atoms in total. The third-order valence-corrected chi connectivity index (χ3v) is 5.77. The van der Waals surface area contributed by atoms with E-state index in [1.54, 1.807) is 30.3 Å². The van der Waals surface area contributed by atoms with Gasteiger partial charge in [-0.1, -0.05) is 37.3 Å². The van der Waals surface area contributed by atoms with E-state index in [0.29, 0.717) is 17.1 Å². The second-order valence-corrected chi connectivity index (χ2v) is 8.07. The number of fused-ring (bicyclic) bond motifs is 2. The number of anilines is 1. The molecule has 0 aliphatic carbocycles. The van der Waals surface area contributed by atoms with Gasteiger partial charge in [-0.05, 0) is 43.9 Å². The van der Waals surface area contributed by atoms with Crippen molar-refractivity contribution in [1.29, 1.82) is 0 Å². The van der Waals surface area contributed by atoms with E-state index in [2.05, 4.69) is 38.8 Å². The number of ketones is 1. The second kappa shape index (κ2) is 6.08. The van der Waals surface area contributed by atoms with Gasteiger partial charge in [0.1, 0.15) is 11.1 Å². The molecule has 1 aliphatic rings. The van der Waals surface area contributed by atoms with Crippen LogP contribution < -0.4 is 10.5 Å². The van der Waals surface area contributed by atoms with Crippen LogP contribution in [0.4, 0.5) is 5.69 Å². The summed E-state index contributed by atoms with van der Waals surface area (Å²) in [4.78, 5) is 27.5. The predicted octanol–water partition coefficient (Wildman–Crippen LogP) is 4.75. The summed E-state index contributed by atoms with van der Waals surface area (Å²) in [6.45, 7) is 6.65. The summed E-state index contributed by atoms with van der Waals surface area (Å²) < 4.78 is 5.55. The van der Waals surface area contributed by atoms with Crippen molar-refractivity contribution in [3.8, 4) is 0 Å². The fourth-order valence-electron chi connectivity index (χ4n) is 4.08. The molecule has 2 aromatic carbocycles. The number of rotatable bonds is 2. The van der Waals surface area contributed by atoms with Gasteiger partial charge in [0.15, 0.2) is 5.78 Å². The van der Waals surface area contributed by atoms with Crippen LogP contribution in [0, 0.1) is 0 Å². The van der Waals surface area contributed by atoms with E-state index in [-0.39, 0.29) is 16.9 Å². The lowest BCUT2D eigenvalue weighted by molar-refractivity contribution is 0.103. The van der Waals surface area contributed by atoms with Gasteiger partial charge in [-0.2, -0.15) is 0 Å². The highest BCUT2D eigenvalue weighted by atomic mass is 16.4. The Labute approximate surface area is 158 Å². The van der Waals surface area contributed by atoms with E-state index in [4.69, 9.17) is 4.42 Å². The first-order valence-electron chi connectivity index (χ1n) is 9.23. The van der Waals surface area contributed by atoms with Crippen LogP contribution in [0.1, 0.15) is 54.6 Å². The zero-order chi connectivity index (χ0) is 19.3. The lowest BCUT2D eigenvalue weighted by Gasteiger charge is -2.45. The Bertz CT molecular complexity index is 1100. The minimum absolute atomic E-state index is 0.0314. The average Bonchev–Trinajstić information content (AvgIpc) is 2.64. The molecule has 3 aromatic rings. The first-order chi connectivity index (χ1) is 12.8. The minimum atomic E-state index is -0.595. The number of hydrogen-bond acceptors (Lipinski definition) is 4. The quantitative estimate of drug-likeness (QED) is 0.488. The number of carbonyl (C=O) groups excluding carboxylic acids is 1. The van der Waals surface area contributed by atoms with Crippen molar-refractivity contribution in [1.82, 2.24) is 0 Å². The molecule has 27 heavy (non-hydrogen) atoms. The Hall–Kier alpha value is -2.88. The Morgan fingerprint density at radius 3 is 2.56 bits per heavy atom. The minimum Gasteiger partial charge on any atom is -0.422 e. The largest absolute Gasteiger partial charge is 0.422 e. The molecule has 0 radical (unpaired) electrons. The molecular formula is C23H23NO3. The maximum atomic E-state index is 12.7. The molecule has 1 atom stereocenters. The third kappa shape index (κ3) is 2.85. The van der Waals surface area contributed by atoms with Crippen LogP contribution in [0.5, 0.6) is 0 Å². The monoisotopic (exact) mass is 361 g/mol. The summed E-state index contributed by atoms with van der Waals surface area (Å²) in [5.41, 5.74) is 2.81. The fraction of sp³-hybridized carbons (Fsp3) is 0.304. The van der Waals surface area contributed by atoms with Crippen LogP contribution in [0.3, 0.4) is 0 Å². The molecule has 0 saturated heterocycles. The summed E-state index contributed by atoms with van der Waals surface area (Å²) in [5, 5.41) is 0.785. The molecule has 0 fully saturated rings. The van der Waals surface area contributed by atoms with Crippen LogP contribution in [0.15, 0.2) is 57.7 Å². The Kier molecular flexibility index (Phi) is 3.95. The maximum Gasteiger partial charge on any atom is 0.347 e. The van der Waals surface area contributed by atoms with Gasteiger partial charge in [0.2, 0.25) is 0 Å². The van der Waals surface area contributed by atoms with Crippen molar-refractivity contribution in [2.24, 2.45) is 0 Å². The number of nitrogens with zero attached hydrogens (tertiary/aromatic N) is 1. The van der Waals surface area contributed by atoms with Crippen molar-refractivity contribution in [2.45, 2.75) is 38.6 Å². The molecule has 0 spiro atoms. The van der Waals surface area contributed by atoms with Gasteiger partial charge in [0.05, 0.1) is 0 Å². The van der Waals surface area contributed by atoms with Gasteiger partial charge >= 0.3 is 5.63 Å². The summed E-state index contributed by atoms with van der Waals surface area (Å²) in [6, 6.07) is 14.5. The summed E-state index contributed by atoms with van der Waals surface area (Å²) in [5.74, 6) is 0.0751. The number of carbonyl (C=O) groups is 1. The highest BCUT2D eigenvalue weighted by Crippen LogP contribution is 2.43. The summed E-state index contributed by atoms with van der Waals surface area (Å²) in [6.07, 6.45) is 1.04. The highest BCUT2D eigenvalue weighted by molar-refractivity contribution is 6.09. The molecule has 1 aliphatic heterocycles. The van der Waals surface area contributed by atoms with Gasteiger partial charge < -0.3 is 9.32 Å². The normalized spacial score (nSPS) is 18.4. The van der Waals surface area contributed by atoms with Crippen molar-refractivity contribution in [3.05, 3.63) is 75.6 Å². The van der Waals surface area contributed by atoms with Gasteiger partial charge in [0, 0.05) is 35.3 Å². The van der Waals surface area contributed by atoms with E-state index >= 15 is 0 Å². The standard InChI is InChI=1S/C23H23NO3/c1-14-13-23(2,3)24(4)19-12-20-16(10-17(14)19)11-18(22(26)27-20)21(25)15-8-6-5-7-9-15/h5-12,14H,13H2,1-4H3/t14-/m0/s1. The molecule has 0 N–H and O–H groups in total. The topological polar surface area (TPSA) is 50.5 Å². The van der Waals surface area contributed by atoms with Crippen LogP contribution in [0.25, 0.3) is 11.0 Å². The average molecular weight is 361 g/mol. The summed E-state index contributed by atoms with van der Waals surface area (Å²) >= 11 is 0. The highest BCUT2D eigenvalue weighted by Gasteiger charge is 2.34. The maximum absolute atomic E-state index is 12.7. The van der Waals surface area contributed by atoms with Crippen LogP contribution in [-0.4, -0.2) is 18.4 Å². The Morgan fingerprint density at radius 1 is 1.15 bits per heavy atom. The lowest BCUT2D eigenvalue weighted by Crippen LogP contribution is -2.45. The van der Waals surface area contributed by atoms with Crippen molar-refractivity contribution in [2.75, 3.05) is 11.9 Å². The molecule has 4 heteroatoms. The third-order valence-electron chi connectivity index (χ3n) is 5.77. The molecule has 0 unspecified atom stereocenters. The van der Waals surface area contributed by atoms with Crippen molar-refractivity contribution < 1.29 is 9.21 Å². The number of hydrogen-bond donors (Lipinski definition) is 0. The molecule has 0 amide bonds. The molecule has 2 heterocycles. The van der Waals surface area contributed by atoms with E-state index in [1.165, 1.54) is 5.56 Å². The van der Waals surface area contributed by atoms with Crippen LogP contribution in [-0.2, 0) is 0 Å². The molecule has 138 valence electrons. The van der Waals surface area contributed by atoms with E-state index in [0.717, 1.165) is 17.5 Å². The molecular weight excluding hydrogens is 338 g/mol. The van der Waals surface area contributed by atoms with Crippen molar-refractivity contribution >= 4 is 22.4 Å². The van der Waals surface area contributed by atoms with Gasteiger partial charge in [-0.25, -0.2) is 4.79 Å². The Balaban J connectivity index is 1.88. The predicted molar refractivity (Wildman–Crippen MR) is 108 cm³/mol. The van der Waals surface area contributed by atoms with Crippen molar-refractivity contribution in [3.63, 3.8) is 0 Å². The zero-order valence-corrected chi connectivity index (χ0v) is 16.1. The molecule has 4 rings (SSSR count). The van der Waals surface area contributed by atoms with E-state index in [1.807, 2.05) is 12.1 Å². The Morgan fingerprint density at radius 2 is 1.85 bits per heavy atom. The molecule has 1 aromatic heterocycles. The molecule has 0 bridgehead atoms. The summed E-state index contributed by atoms with van der Waals surface area (Å²) in [7, 11) is 2.07. The van der Waals surface area contributed by atoms with Gasteiger partial charge in [-0.15, -0.1) is 0 Å². The lowest BCUT2D eigenvalue weighted by atomic mass is 9.80. The zero-order valence-electron chi connectivity index (χ0n) is 16.1.